The van der Waals surface area contributed by atoms with Gasteiger partial charge >= 0.3 is 6.03 Å². The van der Waals surface area contributed by atoms with Crippen molar-refractivity contribution in [2.24, 2.45) is 0 Å². The SMILES string of the molecule is Cc1ccccc1CN1C(=O)NC2(CCC3(CC2)OCCO3)C1=O. The molecule has 128 valence electrons. The number of imide groups is 1. The van der Waals surface area contributed by atoms with Gasteiger partial charge in [0.25, 0.3) is 5.91 Å². The maximum atomic E-state index is 13.0. The molecule has 0 unspecified atom stereocenters. The summed E-state index contributed by atoms with van der Waals surface area (Å²) in [5.41, 5.74) is 1.28. The van der Waals surface area contributed by atoms with Gasteiger partial charge in [-0.3, -0.25) is 9.69 Å². The van der Waals surface area contributed by atoms with Gasteiger partial charge in [0.1, 0.15) is 5.54 Å². The number of carbonyl (C=O) groups is 2. The summed E-state index contributed by atoms with van der Waals surface area (Å²) in [5, 5.41) is 2.94. The summed E-state index contributed by atoms with van der Waals surface area (Å²) < 4.78 is 11.4. The number of aryl methyl sites for hydroxylation is 1. The van der Waals surface area contributed by atoms with Gasteiger partial charge in [-0.2, -0.15) is 0 Å². The van der Waals surface area contributed by atoms with E-state index in [1.807, 2.05) is 31.2 Å². The topological polar surface area (TPSA) is 67.9 Å². The van der Waals surface area contributed by atoms with Crippen molar-refractivity contribution in [1.29, 1.82) is 0 Å². The number of benzene rings is 1. The lowest BCUT2D eigenvalue weighted by atomic mass is 9.78. The number of hydrogen-bond donors (Lipinski definition) is 1. The molecule has 6 nitrogen and oxygen atoms in total. The molecule has 3 aliphatic rings. The average Bonchev–Trinajstić information content (AvgIpc) is 3.12. The van der Waals surface area contributed by atoms with Crippen LogP contribution in [0.25, 0.3) is 0 Å². The Labute approximate surface area is 141 Å². The molecule has 1 saturated carbocycles. The van der Waals surface area contributed by atoms with Gasteiger partial charge in [0.15, 0.2) is 5.79 Å². The van der Waals surface area contributed by atoms with E-state index in [1.165, 1.54) is 4.90 Å². The van der Waals surface area contributed by atoms with E-state index in [0.29, 0.717) is 45.4 Å². The van der Waals surface area contributed by atoms with E-state index in [1.54, 1.807) is 0 Å². The largest absolute Gasteiger partial charge is 0.348 e. The zero-order chi connectivity index (χ0) is 16.8. The Balaban J connectivity index is 1.51. The second-order valence-corrected chi connectivity index (χ2v) is 6.94. The Kier molecular flexibility index (Phi) is 3.62. The van der Waals surface area contributed by atoms with Crippen molar-refractivity contribution in [3.05, 3.63) is 35.4 Å². The smallest absolute Gasteiger partial charge is 0.325 e. The predicted octanol–water partition coefficient (Wildman–Crippen LogP) is 2.10. The lowest BCUT2D eigenvalue weighted by Gasteiger charge is -2.39. The number of urea groups is 1. The van der Waals surface area contributed by atoms with Crippen molar-refractivity contribution in [1.82, 2.24) is 10.2 Å². The first-order chi connectivity index (χ1) is 11.5. The van der Waals surface area contributed by atoms with Crippen molar-refractivity contribution in [2.75, 3.05) is 13.2 Å². The molecule has 3 amide bonds. The molecule has 1 aromatic rings. The molecule has 2 spiro atoms. The fourth-order valence-electron chi connectivity index (χ4n) is 3.96. The Morgan fingerprint density at radius 2 is 1.75 bits per heavy atom. The van der Waals surface area contributed by atoms with Crippen molar-refractivity contribution >= 4 is 11.9 Å². The molecule has 0 radical (unpaired) electrons. The van der Waals surface area contributed by atoms with Crippen LogP contribution in [-0.2, 0) is 20.8 Å². The van der Waals surface area contributed by atoms with Crippen molar-refractivity contribution in [3.63, 3.8) is 0 Å². The van der Waals surface area contributed by atoms with Gasteiger partial charge in [0, 0.05) is 12.8 Å². The molecule has 1 aliphatic carbocycles. The number of nitrogens with zero attached hydrogens (tertiary/aromatic N) is 1. The second kappa shape index (κ2) is 5.57. The van der Waals surface area contributed by atoms with Gasteiger partial charge in [-0.15, -0.1) is 0 Å². The summed E-state index contributed by atoms with van der Waals surface area (Å²) in [6.45, 7) is 3.51. The molecule has 24 heavy (non-hydrogen) atoms. The van der Waals surface area contributed by atoms with E-state index < -0.39 is 11.3 Å². The Bertz CT molecular complexity index is 671. The van der Waals surface area contributed by atoms with E-state index in [0.717, 1.165) is 11.1 Å². The standard InChI is InChI=1S/C18H22N2O4/c1-13-4-2-3-5-14(13)12-20-15(21)17(19-16(20)22)6-8-18(9-7-17)23-10-11-24-18/h2-5H,6-12H2,1H3,(H,19,22). The first-order valence-corrected chi connectivity index (χ1v) is 8.50. The molecule has 3 fully saturated rings. The van der Waals surface area contributed by atoms with Crippen LogP contribution in [0.1, 0.15) is 36.8 Å². The second-order valence-electron chi connectivity index (χ2n) is 6.94. The molecule has 1 N–H and O–H groups in total. The van der Waals surface area contributed by atoms with Crippen molar-refractivity contribution in [3.8, 4) is 0 Å². The summed E-state index contributed by atoms with van der Waals surface area (Å²) in [6, 6.07) is 7.52. The summed E-state index contributed by atoms with van der Waals surface area (Å²) in [6.07, 6.45) is 2.39. The molecule has 2 aliphatic heterocycles. The molecule has 0 aromatic heterocycles. The van der Waals surface area contributed by atoms with Gasteiger partial charge in [0.05, 0.1) is 19.8 Å². The molecule has 2 heterocycles. The minimum atomic E-state index is -0.791. The van der Waals surface area contributed by atoms with Crippen LogP contribution in [0.2, 0.25) is 0 Å². The van der Waals surface area contributed by atoms with Gasteiger partial charge < -0.3 is 14.8 Å². The summed E-state index contributed by atoms with van der Waals surface area (Å²) in [7, 11) is 0. The zero-order valence-electron chi connectivity index (χ0n) is 13.8. The number of nitrogens with one attached hydrogen (secondary N) is 1. The van der Waals surface area contributed by atoms with E-state index in [-0.39, 0.29) is 11.9 Å². The maximum absolute atomic E-state index is 13.0. The number of carbonyl (C=O) groups excluding carboxylic acids is 2. The lowest BCUT2D eigenvalue weighted by Crippen LogP contribution is -2.53. The van der Waals surface area contributed by atoms with Crippen LogP contribution in [0.5, 0.6) is 0 Å². The minimum Gasteiger partial charge on any atom is -0.348 e. The van der Waals surface area contributed by atoms with Crippen LogP contribution in [-0.4, -0.2) is 41.4 Å². The number of rotatable bonds is 2. The van der Waals surface area contributed by atoms with Crippen molar-refractivity contribution < 1.29 is 19.1 Å². The first kappa shape index (κ1) is 15.6. The van der Waals surface area contributed by atoms with Crippen LogP contribution in [0.4, 0.5) is 4.79 Å². The fraction of sp³-hybridized carbons (Fsp3) is 0.556. The van der Waals surface area contributed by atoms with E-state index in [2.05, 4.69) is 5.32 Å². The summed E-state index contributed by atoms with van der Waals surface area (Å²) in [4.78, 5) is 26.7. The molecule has 4 rings (SSSR count). The molecule has 0 atom stereocenters. The molecular weight excluding hydrogens is 308 g/mol. The monoisotopic (exact) mass is 330 g/mol. The predicted molar refractivity (Wildman–Crippen MR) is 86.1 cm³/mol. The third-order valence-electron chi connectivity index (χ3n) is 5.51. The van der Waals surface area contributed by atoms with E-state index in [9.17, 15) is 9.59 Å². The van der Waals surface area contributed by atoms with Crippen molar-refractivity contribution in [2.45, 2.75) is 50.5 Å². The Hall–Kier alpha value is -1.92. The first-order valence-electron chi connectivity index (χ1n) is 8.50. The molecule has 2 saturated heterocycles. The normalized spacial score (nSPS) is 24.8. The Morgan fingerprint density at radius 3 is 2.42 bits per heavy atom. The van der Waals surface area contributed by atoms with Crippen LogP contribution in [0.3, 0.4) is 0 Å². The molecule has 1 aromatic carbocycles. The number of ether oxygens (including phenoxy) is 2. The lowest BCUT2D eigenvalue weighted by molar-refractivity contribution is -0.186. The van der Waals surface area contributed by atoms with Crippen LogP contribution in [0, 0.1) is 6.92 Å². The van der Waals surface area contributed by atoms with Crippen LogP contribution < -0.4 is 5.32 Å². The van der Waals surface area contributed by atoms with Crippen LogP contribution >= 0.6 is 0 Å². The average molecular weight is 330 g/mol. The number of hydrogen-bond acceptors (Lipinski definition) is 4. The molecule has 0 bridgehead atoms. The van der Waals surface area contributed by atoms with Gasteiger partial charge in [-0.1, -0.05) is 24.3 Å². The van der Waals surface area contributed by atoms with Crippen LogP contribution in [0.15, 0.2) is 24.3 Å². The summed E-state index contributed by atoms with van der Waals surface area (Å²) in [5.74, 6) is -0.664. The highest BCUT2D eigenvalue weighted by molar-refractivity contribution is 6.07. The van der Waals surface area contributed by atoms with Gasteiger partial charge in [-0.05, 0) is 30.9 Å². The molecule has 6 heteroatoms. The van der Waals surface area contributed by atoms with E-state index >= 15 is 0 Å². The highest BCUT2D eigenvalue weighted by Gasteiger charge is 2.56. The summed E-state index contributed by atoms with van der Waals surface area (Å²) >= 11 is 0. The van der Waals surface area contributed by atoms with E-state index in [4.69, 9.17) is 9.47 Å². The molecular formula is C18H22N2O4. The zero-order valence-corrected chi connectivity index (χ0v) is 13.8. The number of amides is 3. The van der Waals surface area contributed by atoms with Gasteiger partial charge in [-0.25, -0.2) is 4.79 Å². The Morgan fingerprint density at radius 1 is 1.08 bits per heavy atom. The fourth-order valence-corrected chi connectivity index (χ4v) is 3.96. The third-order valence-corrected chi connectivity index (χ3v) is 5.51. The van der Waals surface area contributed by atoms with Gasteiger partial charge in [0.2, 0.25) is 0 Å². The maximum Gasteiger partial charge on any atom is 0.325 e. The highest BCUT2D eigenvalue weighted by atomic mass is 16.7. The third kappa shape index (κ3) is 2.41. The minimum absolute atomic E-state index is 0.122. The quantitative estimate of drug-likeness (QED) is 0.843. The highest BCUT2D eigenvalue weighted by Crippen LogP contribution is 2.42.